The third-order valence-electron chi connectivity index (χ3n) is 2.85. The van der Waals surface area contributed by atoms with Crippen LogP contribution in [0.15, 0.2) is 24.3 Å². The normalized spacial score (nSPS) is 12.6. The average Bonchev–Trinajstić information content (AvgIpc) is 2.34. The van der Waals surface area contributed by atoms with Gasteiger partial charge in [0.1, 0.15) is 5.82 Å². The van der Waals surface area contributed by atoms with Crippen LogP contribution in [0.2, 0.25) is 6.04 Å². The molecule has 1 rings (SSSR count). The molecule has 0 radical (unpaired) electrons. The maximum Gasteiger partial charge on any atom is 0.501 e. The lowest BCUT2D eigenvalue weighted by molar-refractivity contribution is 0.00330. The molecule has 0 atom stereocenters. The first kappa shape index (κ1) is 19.3. The van der Waals surface area contributed by atoms with Gasteiger partial charge in [-0.3, -0.25) is 0 Å². The molecule has 0 aliphatic rings. The molecule has 5 heteroatoms. The van der Waals surface area contributed by atoms with Crippen LogP contribution in [0.1, 0.15) is 47.1 Å². The van der Waals surface area contributed by atoms with E-state index in [9.17, 15) is 4.39 Å². The highest BCUT2D eigenvalue weighted by molar-refractivity contribution is 6.60. The lowest BCUT2D eigenvalue weighted by Crippen LogP contribution is -2.51. The van der Waals surface area contributed by atoms with Crippen molar-refractivity contribution in [1.29, 1.82) is 0 Å². The van der Waals surface area contributed by atoms with Crippen LogP contribution in [-0.2, 0) is 19.7 Å². The van der Waals surface area contributed by atoms with Crippen LogP contribution in [0.3, 0.4) is 0 Å². The van der Waals surface area contributed by atoms with Crippen LogP contribution < -0.4 is 0 Å². The zero-order chi connectivity index (χ0) is 16.8. The molecule has 0 bridgehead atoms. The van der Waals surface area contributed by atoms with Crippen LogP contribution in [0, 0.1) is 5.82 Å². The molecule has 0 aromatic heterocycles. The summed E-state index contributed by atoms with van der Waals surface area (Å²) in [7, 11) is -2.81. The van der Waals surface area contributed by atoms with Gasteiger partial charge in [0.25, 0.3) is 0 Å². The Hall–Kier alpha value is -0.753. The van der Waals surface area contributed by atoms with Gasteiger partial charge in [0.2, 0.25) is 0 Å². The summed E-state index contributed by atoms with van der Waals surface area (Å²) in [5, 5.41) is 0. The molecule has 126 valence electrons. The highest BCUT2D eigenvalue weighted by Crippen LogP contribution is 2.24. The van der Waals surface area contributed by atoms with Crippen molar-refractivity contribution in [2.45, 2.75) is 72.3 Å². The minimum Gasteiger partial charge on any atom is -0.371 e. The largest absolute Gasteiger partial charge is 0.501 e. The summed E-state index contributed by atoms with van der Waals surface area (Å²) in [4.78, 5) is 0. The van der Waals surface area contributed by atoms with Gasteiger partial charge in [0, 0.05) is 24.4 Å². The Labute approximate surface area is 135 Å². The molecule has 0 amide bonds. The number of halogens is 1. The molecule has 22 heavy (non-hydrogen) atoms. The minimum absolute atomic E-state index is 0.0247. The molecule has 0 N–H and O–H groups in total. The molecular formula is C17H29FO3Si. The number of aryl methyl sites for hydroxylation is 1. The third kappa shape index (κ3) is 7.00. The molecule has 0 aliphatic carbocycles. The molecular weight excluding hydrogens is 299 g/mol. The predicted octanol–water partition coefficient (Wildman–Crippen LogP) is 4.58. The highest BCUT2D eigenvalue weighted by Gasteiger charge is 2.43. The van der Waals surface area contributed by atoms with Gasteiger partial charge >= 0.3 is 8.80 Å². The van der Waals surface area contributed by atoms with Crippen LogP contribution >= 0.6 is 0 Å². The molecule has 1 aromatic carbocycles. The van der Waals surface area contributed by atoms with E-state index in [2.05, 4.69) is 0 Å². The number of hydrogen-bond acceptors (Lipinski definition) is 3. The van der Waals surface area contributed by atoms with Gasteiger partial charge in [-0.25, -0.2) is 4.39 Å². The molecule has 0 heterocycles. The fraction of sp³-hybridized carbons (Fsp3) is 0.647. The fourth-order valence-electron chi connectivity index (χ4n) is 2.33. The Kier molecular flexibility index (Phi) is 7.69. The lowest BCUT2D eigenvalue weighted by atomic mass is 10.2. The SMILES string of the molecule is CC(C)O[Si](CCc1cccc(F)c1)(OC(C)C)OC(C)C. The van der Waals surface area contributed by atoms with Crippen molar-refractivity contribution >= 4 is 8.80 Å². The maximum atomic E-state index is 13.3. The van der Waals surface area contributed by atoms with Crippen LogP contribution in [0.4, 0.5) is 4.39 Å². The summed E-state index contributed by atoms with van der Waals surface area (Å²) in [6, 6.07) is 7.30. The Morgan fingerprint density at radius 3 is 1.82 bits per heavy atom. The van der Waals surface area contributed by atoms with Crippen molar-refractivity contribution < 1.29 is 17.7 Å². The van der Waals surface area contributed by atoms with E-state index in [0.29, 0.717) is 12.5 Å². The van der Waals surface area contributed by atoms with E-state index in [4.69, 9.17) is 13.3 Å². The summed E-state index contributed by atoms with van der Waals surface area (Å²) < 4.78 is 31.7. The Balaban J connectivity index is 2.90. The second-order valence-corrected chi connectivity index (χ2v) is 8.89. The van der Waals surface area contributed by atoms with Gasteiger partial charge in [0.05, 0.1) is 0 Å². The van der Waals surface area contributed by atoms with Gasteiger partial charge in [-0.15, -0.1) is 0 Å². The molecule has 0 fully saturated rings. The fourth-order valence-corrected chi connectivity index (χ4v) is 5.60. The molecule has 3 nitrogen and oxygen atoms in total. The zero-order valence-electron chi connectivity index (χ0n) is 14.6. The second-order valence-electron chi connectivity index (χ2n) is 6.31. The van der Waals surface area contributed by atoms with E-state index >= 15 is 0 Å². The van der Waals surface area contributed by atoms with E-state index in [-0.39, 0.29) is 24.1 Å². The molecule has 0 aliphatic heterocycles. The van der Waals surface area contributed by atoms with Crippen LogP contribution in [0.25, 0.3) is 0 Å². The highest BCUT2D eigenvalue weighted by atomic mass is 28.4. The lowest BCUT2D eigenvalue weighted by Gasteiger charge is -2.34. The number of benzene rings is 1. The standard InChI is InChI=1S/C17H29FO3Si/c1-13(2)19-22(20-14(3)4,21-15(5)6)11-10-16-8-7-9-17(18)12-16/h7-9,12-15H,10-11H2,1-6H3. The summed E-state index contributed by atoms with van der Waals surface area (Å²) >= 11 is 0. The van der Waals surface area contributed by atoms with Crippen molar-refractivity contribution in [1.82, 2.24) is 0 Å². The maximum absolute atomic E-state index is 13.3. The van der Waals surface area contributed by atoms with E-state index in [1.165, 1.54) is 6.07 Å². The van der Waals surface area contributed by atoms with Gasteiger partial charge < -0.3 is 13.3 Å². The molecule has 1 aromatic rings. The third-order valence-corrected chi connectivity index (χ3v) is 6.21. The van der Waals surface area contributed by atoms with Crippen molar-refractivity contribution in [3.8, 4) is 0 Å². The summed E-state index contributed by atoms with van der Waals surface area (Å²) in [6.07, 6.45) is 0.751. The Bertz CT molecular complexity index is 423. The van der Waals surface area contributed by atoms with Crippen molar-refractivity contribution in [3.63, 3.8) is 0 Å². The second kappa shape index (κ2) is 8.77. The monoisotopic (exact) mass is 328 g/mol. The van der Waals surface area contributed by atoms with Crippen LogP contribution in [0.5, 0.6) is 0 Å². The smallest absolute Gasteiger partial charge is 0.371 e. The van der Waals surface area contributed by atoms with E-state index in [1.54, 1.807) is 12.1 Å². The summed E-state index contributed by atoms with van der Waals surface area (Å²) in [5.74, 6) is -0.218. The predicted molar refractivity (Wildman–Crippen MR) is 89.3 cm³/mol. The number of rotatable bonds is 9. The first-order valence-electron chi connectivity index (χ1n) is 8.00. The molecule has 0 spiro atoms. The first-order chi connectivity index (χ1) is 10.2. The molecule has 0 unspecified atom stereocenters. The van der Waals surface area contributed by atoms with Crippen molar-refractivity contribution in [2.24, 2.45) is 0 Å². The number of hydrogen-bond donors (Lipinski definition) is 0. The van der Waals surface area contributed by atoms with Gasteiger partial charge in [-0.05, 0) is 65.7 Å². The molecule has 0 saturated heterocycles. The average molecular weight is 329 g/mol. The molecule has 0 saturated carbocycles. The topological polar surface area (TPSA) is 27.7 Å². The summed E-state index contributed by atoms with van der Waals surface area (Å²) in [6.45, 7) is 11.9. The van der Waals surface area contributed by atoms with Crippen LogP contribution in [-0.4, -0.2) is 27.1 Å². The Morgan fingerprint density at radius 1 is 0.909 bits per heavy atom. The van der Waals surface area contributed by atoms with Crippen molar-refractivity contribution in [3.05, 3.63) is 35.6 Å². The first-order valence-corrected chi connectivity index (χ1v) is 9.93. The summed E-state index contributed by atoms with van der Waals surface area (Å²) in [5.41, 5.74) is 0.934. The van der Waals surface area contributed by atoms with Gasteiger partial charge in [-0.2, -0.15) is 0 Å². The zero-order valence-corrected chi connectivity index (χ0v) is 15.6. The van der Waals surface area contributed by atoms with Gasteiger partial charge in [0.15, 0.2) is 0 Å². The van der Waals surface area contributed by atoms with E-state index in [1.807, 2.05) is 47.6 Å². The Morgan fingerprint density at radius 2 is 1.41 bits per heavy atom. The van der Waals surface area contributed by atoms with Gasteiger partial charge in [-0.1, -0.05) is 12.1 Å². The van der Waals surface area contributed by atoms with Crippen molar-refractivity contribution in [2.75, 3.05) is 0 Å². The van der Waals surface area contributed by atoms with E-state index in [0.717, 1.165) is 5.56 Å². The quantitative estimate of drug-likeness (QED) is 0.621. The van der Waals surface area contributed by atoms with E-state index < -0.39 is 8.80 Å². The minimum atomic E-state index is -2.81.